The zero-order valence-corrected chi connectivity index (χ0v) is 24.9. The number of rotatable bonds is 10. The normalized spacial score (nSPS) is 20.1. The Hall–Kier alpha value is -4.52. The first kappa shape index (κ1) is 32.4. The highest BCUT2D eigenvalue weighted by atomic mass is 19.2. The largest absolute Gasteiger partial charge is 0.468 e. The van der Waals surface area contributed by atoms with E-state index < -0.39 is 35.1 Å². The first-order valence-electron chi connectivity index (χ1n) is 14.2. The number of anilines is 1. The van der Waals surface area contributed by atoms with Crippen LogP contribution >= 0.6 is 0 Å². The molecule has 1 aliphatic carbocycles. The van der Waals surface area contributed by atoms with Crippen molar-refractivity contribution in [3.63, 3.8) is 0 Å². The molecule has 0 bridgehead atoms. The number of esters is 2. The Morgan fingerprint density at radius 1 is 1.02 bits per heavy atom. The third kappa shape index (κ3) is 6.83. The molecule has 1 aliphatic heterocycles. The van der Waals surface area contributed by atoms with Crippen LogP contribution in [0.15, 0.2) is 59.8 Å². The van der Waals surface area contributed by atoms with E-state index in [2.05, 4.69) is 10.6 Å². The van der Waals surface area contributed by atoms with E-state index in [9.17, 15) is 28.0 Å². The van der Waals surface area contributed by atoms with Crippen molar-refractivity contribution in [1.82, 2.24) is 15.5 Å². The van der Waals surface area contributed by atoms with Gasteiger partial charge >= 0.3 is 24.0 Å². The van der Waals surface area contributed by atoms with Crippen LogP contribution in [0.5, 0.6) is 0 Å². The average Bonchev–Trinajstić information content (AvgIpc) is 3.04. The Kier molecular flexibility index (Phi) is 10.5. The first-order valence-corrected chi connectivity index (χ1v) is 14.2. The van der Waals surface area contributed by atoms with Gasteiger partial charge in [-0.25, -0.2) is 28.1 Å². The third-order valence-corrected chi connectivity index (χ3v) is 8.16. The van der Waals surface area contributed by atoms with E-state index in [1.54, 1.807) is 0 Å². The van der Waals surface area contributed by atoms with Crippen molar-refractivity contribution in [3.8, 4) is 0 Å². The van der Waals surface area contributed by atoms with Gasteiger partial charge in [0.15, 0.2) is 11.6 Å². The lowest BCUT2D eigenvalue weighted by Crippen LogP contribution is -2.55. The molecule has 236 valence electrons. The summed E-state index contributed by atoms with van der Waals surface area (Å²) in [4.78, 5) is 53.7. The van der Waals surface area contributed by atoms with E-state index in [-0.39, 0.29) is 49.5 Å². The smallest absolute Gasteiger partial charge is 0.337 e. The van der Waals surface area contributed by atoms with Crippen LogP contribution in [0.4, 0.5) is 24.1 Å². The highest BCUT2D eigenvalue weighted by Crippen LogP contribution is 2.42. The lowest BCUT2D eigenvalue weighted by atomic mass is 9.68. The molecule has 0 atom stereocenters. The topological polar surface area (TPSA) is 127 Å². The van der Waals surface area contributed by atoms with Crippen molar-refractivity contribution in [2.45, 2.75) is 37.1 Å². The van der Waals surface area contributed by atoms with Crippen LogP contribution in [-0.4, -0.2) is 82.5 Å². The first-order chi connectivity index (χ1) is 21.1. The van der Waals surface area contributed by atoms with Gasteiger partial charge in [0, 0.05) is 38.0 Å². The maximum atomic E-state index is 14.3. The van der Waals surface area contributed by atoms with Crippen LogP contribution < -0.4 is 15.5 Å². The van der Waals surface area contributed by atoms with Crippen molar-refractivity contribution in [1.29, 1.82) is 0 Å². The maximum Gasteiger partial charge on any atom is 0.337 e. The van der Waals surface area contributed by atoms with Crippen LogP contribution in [-0.2, 0) is 29.2 Å². The van der Waals surface area contributed by atoms with Gasteiger partial charge < -0.3 is 29.7 Å². The number of nitrogens with zero attached hydrogens (tertiary/aromatic N) is 2. The van der Waals surface area contributed by atoms with Gasteiger partial charge in [0.2, 0.25) is 0 Å². The molecule has 0 radical (unpaired) electrons. The van der Waals surface area contributed by atoms with E-state index in [1.165, 1.54) is 27.4 Å². The highest BCUT2D eigenvalue weighted by molar-refractivity contribution is 6.00. The zero-order chi connectivity index (χ0) is 31.9. The van der Waals surface area contributed by atoms with Gasteiger partial charge in [-0.1, -0.05) is 30.3 Å². The second-order valence-corrected chi connectivity index (χ2v) is 10.6. The van der Waals surface area contributed by atoms with E-state index in [0.717, 1.165) is 22.6 Å². The molecule has 2 N–H and O–H groups in total. The van der Waals surface area contributed by atoms with Gasteiger partial charge in [-0.15, -0.1) is 0 Å². The molecule has 11 nitrogen and oxygen atoms in total. The minimum absolute atomic E-state index is 0.0289. The van der Waals surface area contributed by atoms with Gasteiger partial charge in [-0.3, -0.25) is 4.79 Å². The Morgan fingerprint density at radius 3 is 2.34 bits per heavy atom. The fraction of sp³-hybridized carbons (Fsp3) is 0.419. The van der Waals surface area contributed by atoms with E-state index in [1.807, 2.05) is 35.2 Å². The zero-order valence-electron chi connectivity index (χ0n) is 24.9. The number of carbonyl (C=O) groups is 4. The summed E-state index contributed by atoms with van der Waals surface area (Å²) >= 11 is 0. The second kappa shape index (κ2) is 14.3. The fourth-order valence-corrected chi connectivity index (χ4v) is 5.88. The number of nitrogens with one attached hydrogen (secondary N) is 2. The van der Waals surface area contributed by atoms with Gasteiger partial charge in [0.05, 0.1) is 44.1 Å². The number of carbonyl (C=O) groups excluding carboxylic acids is 4. The Balaban J connectivity index is 1.49. The number of halogens is 2. The van der Waals surface area contributed by atoms with Crippen molar-refractivity contribution >= 4 is 29.7 Å². The highest BCUT2D eigenvalue weighted by Gasteiger charge is 2.45. The molecule has 4 rings (SSSR count). The van der Waals surface area contributed by atoms with Crippen LogP contribution in [0.3, 0.4) is 0 Å². The molecule has 1 saturated carbocycles. The molecule has 2 aromatic rings. The van der Waals surface area contributed by atoms with Crippen molar-refractivity contribution in [2.75, 3.05) is 52.5 Å². The minimum Gasteiger partial charge on any atom is -0.468 e. The summed E-state index contributed by atoms with van der Waals surface area (Å²) in [5.74, 6) is -3.05. The molecule has 1 heterocycles. The number of benzene rings is 2. The molecule has 0 unspecified atom stereocenters. The SMILES string of the molecule is COCC1=C(C(=O)OC)CN(C(=O)NCCN(c2ccc(F)c(F)c2)C2CCC(C(=O)OC)(c3ccccc3)CC2)C(=O)N1. The van der Waals surface area contributed by atoms with Crippen molar-refractivity contribution in [2.24, 2.45) is 0 Å². The lowest BCUT2D eigenvalue weighted by molar-refractivity contribution is -0.149. The number of amides is 4. The molecular weight excluding hydrogens is 578 g/mol. The minimum atomic E-state index is -1.01. The molecule has 0 aromatic heterocycles. The summed E-state index contributed by atoms with van der Waals surface area (Å²) in [5.41, 5.74) is 0.695. The molecule has 2 aliphatic rings. The molecule has 0 spiro atoms. The van der Waals surface area contributed by atoms with Crippen molar-refractivity contribution in [3.05, 3.63) is 77.0 Å². The standard InChI is InChI=1S/C31H36F2N4O7/c1-42-19-26-23(27(38)43-2)18-37(30(41)35-26)29(40)34-15-16-36(22-9-10-24(32)25(33)17-22)21-11-13-31(14-12-21,28(39)44-3)20-7-5-4-6-8-20/h4-10,17,21H,11-16,18-19H2,1-3H3,(H,34,40)(H,35,41). The summed E-state index contributed by atoms with van der Waals surface area (Å²) in [6.45, 7) is -0.172. The van der Waals surface area contributed by atoms with Gasteiger partial charge in [0.25, 0.3) is 0 Å². The third-order valence-electron chi connectivity index (χ3n) is 8.16. The molecule has 0 saturated heterocycles. The molecule has 44 heavy (non-hydrogen) atoms. The summed E-state index contributed by atoms with van der Waals surface area (Å²) in [7, 11) is 3.95. The lowest BCUT2D eigenvalue weighted by Gasteiger charge is -2.43. The number of imide groups is 1. The Bertz CT molecular complexity index is 1410. The van der Waals surface area contributed by atoms with Gasteiger partial charge in [-0.2, -0.15) is 0 Å². The van der Waals surface area contributed by atoms with Crippen LogP contribution in [0.1, 0.15) is 31.2 Å². The molecule has 13 heteroatoms. The van der Waals surface area contributed by atoms with Gasteiger partial charge in [0.1, 0.15) is 0 Å². The van der Waals surface area contributed by atoms with E-state index in [4.69, 9.17) is 14.2 Å². The molecular formula is C31H36F2N4O7. The summed E-state index contributed by atoms with van der Waals surface area (Å²) in [6.07, 6.45) is 1.98. The number of urea groups is 2. The van der Waals surface area contributed by atoms with Crippen LogP contribution in [0, 0.1) is 11.6 Å². The molecule has 1 fully saturated rings. The molecule has 4 amide bonds. The molecule has 2 aromatic carbocycles. The Morgan fingerprint density at radius 2 is 1.73 bits per heavy atom. The second-order valence-electron chi connectivity index (χ2n) is 10.6. The number of ether oxygens (including phenoxy) is 3. The summed E-state index contributed by atoms with van der Waals surface area (Å²) in [6, 6.07) is 11.3. The summed E-state index contributed by atoms with van der Waals surface area (Å²) < 4.78 is 43.2. The average molecular weight is 615 g/mol. The van der Waals surface area contributed by atoms with E-state index in [0.29, 0.717) is 31.4 Å². The van der Waals surface area contributed by atoms with Crippen molar-refractivity contribution < 1.29 is 42.2 Å². The number of methoxy groups -OCH3 is 3. The van der Waals surface area contributed by atoms with Crippen LogP contribution in [0.25, 0.3) is 0 Å². The van der Waals surface area contributed by atoms with Gasteiger partial charge in [-0.05, 0) is 43.4 Å². The summed E-state index contributed by atoms with van der Waals surface area (Å²) in [5, 5.41) is 5.17. The fourth-order valence-electron chi connectivity index (χ4n) is 5.88. The number of hydrogen-bond donors (Lipinski definition) is 2. The monoisotopic (exact) mass is 614 g/mol. The maximum absolute atomic E-state index is 14.3. The number of hydrogen-bond acceptors (Lipinski definition) is 8. The van der Waals surface area contributed by atoms with E-state index >= 15 is 0 Å². The van der Waals surface area contributed by atoms with Crippen LogP contribution in [0.2, 0.25) is 0 Å². The quantitative estimate of drug-likeness (QED) is 0.389. The predicted octanol–water partition coefficient (Wildman–Crippen LogP) is 3.63. The predicted molar refractivity (Wildman–Crippen MR) is 156 cm³/mol. The Labute approximate surface area is 254 Å².